The predicted molar refractivity (Wildman–Crippen MR) is 103 cm³/mol. The van der Waals surface area contributed by atoms with E-state index in [0.29, 0.717) is 18.4 Å². The molecule has 5 heteroatoms. The maximum atomic E-state index is 14.0. The predicted octanol–water partition coefficient (Wildman–Crippen LogP) is 7.16. The summed E-state index contributed by atoms with van der Waals surface area (Å²) in [6, 6.07) is 6.04. The topological polar surface area (TPSA) is 0 Å². The van der Waals surface area contributed by atoms with Gasteiger partial charge in [0, 0.05) is 0 Å². The van der Waals surface area contributed by atoms with Crippen LogP contribution in [0.1, 0.15) is 71.9 Å². The van der Waals surface area contributed by atoms with Gasteiger partial charge < -0.3 is 0 Å². The minimum atomic E-state index is -5.03. The van der Waals surface area contributed by atoms with E-state index in [1.165, 1.54) is 41.5 Å². The van der Waals surface area contributed by atoms with Crippen LogP contribution in [0.4, 0.5) is 22.0 Å². The maximum Gasteiger partial charge on any atom is 0.422 e. The molecular weight excluding hydrogens is 383 g/mol. The van der Waals surface area contributed by atoms with E-state index < -0.39 is 23.4 Å². The number of benzene rings is 2. The van der Waals surface area contributed by atoms with Crippen molar-refractivity contribution in [2.24, 2.45) is 5.92 Å². The van der Waals surface area contributed by atoms with Crippen LogP contribution in [0, 0.1) is 17.6 Å². The molecule has 0 aromatic heterocycles. The third kappa shape index (κ3) is 3.93. The molecule has 2 aliphatic rings. The molecule has 0 heterocycles. The molecule has 0 N–H and O–H groups in total. The second-order valence-corrected chi connectivity index (χ2v) is 8.54. The van der Waals surface area contributed by atoms with E-state index in [4.69, 9.17) is 0 Å². The first kappa shape index (κ1) is 20.4. The van der Waals surface area contributed by atoms with Crippen LogP contribution in [0.15, 0.2) is 24.3 Å². The second-order valence-electron chi connectivity index (χ2n) is 8.54. The summed E-state index contributed by atoms with van der Waals surface area (Å²) in [5.41, 5.74) is 3.93. The summed E-state index contributed by atoms with van der Waals surface area (Å²) in [5, 5.41) is 0. The van der Waals surface area contributed by atoms with Gasteiger partial charge in [-0.15, -0.1) is 0 Å². The molecule has 4 rings (SSSR count). The highest BCUT2D eigenvalue weighted by Gasteiger charge is 2.38. The van der Waals surface area contributed by atoms with Crippen molar-refractivity contribution < 1.29 is 22.0 Å². The van der Waals surface area contributed by atoms with Gasteiger partial charge in [0.1, 0.15) is 17.2 Å². The van der Waals surface area contributed by atoms with Crippen molar-refractivity contribution in [3.05, 3.63) is 69.3 Å². The van der Waals surface area contributed by atoms with Crippen molar-refractivity contribution in [1.29, 1.82) is 0 Å². The zero-order valence-electron chi connectivity index (χ0n) is 16.5. The molecule has 0 saturated carbocycles. The second kappa shape index (κ2) is 7.73. The Morgan fingerprint density at radius 3 is 2.07 bits per heavy atom. The fraction of sp³-hybridized carbons (Fsp3) is 0.500. The molecule has 2 unspecified atom stereocenters. The van der Waals surface area contributed by atoms with Gasteiger partial charge in [-0.25, -0.2) is 8.78 Å². The Morgan fingerprint density at radius 2 is 1.48 bits per heavy atom. The molecule has 29 heavy (non-hydrogen) atoms. The monoisotopic (exact) mass is 408 g/mol. The first-order valence-corrected chi connectivity index (χ1v) is 10.5. The third-order valence-electron chi connectivity index (χ3n) is 6.66. The maximum absolute atomic E-state index is 14.0. The average molecular weight is 408 g/mol. The van der Waals surface area contributed by atoms with Crippen LogP contribution in [0.2, 0.25) is 0 Å². The Kier molecular flexibility index (Phi) is 5.43. The van der Waals surface area contributed by atoms with E-state index in [-0.39, 0.29) is 5.92 Å². The highest BCUT2D eigenvalue weighted by atomic mass is 19.4. The molecule has 0 radical (unpaired) electrons. The fourth-order valence-electron chi connectivity index (χ4n) is 5.28. The van der Waals surface area contributed by atoms with Crippen molar-refractivity contribution >= 4 is 0 Å². The van der Waals surface area contributed by atoms with Gasteiger partial charge in [-0.1, -0.05) is 31.9 Å². The molecule has 2 aromatic carbocycles. The Bertz CT molecular complexity index is 889. The van der Waals surface area contributed by atoms with Crippen LogP contribution in [0.25, 0.3) is 0 Å². The lowest BCUT2D eigenvalue weighted by Crippen LogP contribution is -2.21. The number of halogens is 5. The summed E-state index contributed by atoms with van der Waals surface area (Å²) in [6.07, 6.45) is 2.96. The van der Waals surface area contributed by atoms with E-state index in [1.54, 1.807) is 0 Å². The van der Waals surface area contributed by atoms with Gasteiger partial charge in [0.25, 0.3) is 0 Å². The quantitative estimate of drug-likeness (QED) is 0.473. The van der Waals surface area contributed by atoms with Gasteiger partial charge in [-0.05, 0) is 90.3 Å². The SMILES string of the molecule is CCCC1CCc2c(ccc3c2CCC(c2cc(F)c(C(F)(F)F)c(F)c2)C3)C1. The molecule has 156 valence electrons. The minimum absolute atomic E-state index is 0.164. The van der Waals surface area contributed by atoms with Gasteiger partial charge in [0.05, 0.1) is 0 Å². The summed E-state index contributed by atoms with van der Waals surface area (Å²) in [7, 11) is 0. The lowest BCUT2D eigenvalue weighted by molar-refractivity contribution is -0.142. The molecule has 0 spiro atoms. The summed E-state index contributed by atoms with van der Waals surface area (Å²) in [4.78, 5) is 0. The molecule has 2 atom stereocenters. The van der Waals surface area contributed by atoms with E-state index in [1.807, 2.05) is 0 Å². The summed E-state index contributed by atoms with van der Waals surface area (Å²) >= 11 is 0. The van der Waals surface area contributed by atoms with Crippen LogP contribution in [0.5, 0.6) is 0 Å². The Hall–Kier alpha value is -1.91. The van der Waals surface area contributed by atoms with Crippen LogP contribution in [-0.4, -0.2) is 0 Å². The number of fused-ring (bicyclic) bond motifs is 3. The van der Waals surface area contributed by atoms with Gasteiger partial charge >= 0.3 is 6.18 Å². The van der Waals surface area contributed by atoms with Gasteiger partial charge in [-0.3, -0.25) is 0 Å². The highest BCUT2D eigenvalue weighted by Crippen LogP contribution is 2.41. The molecule has 2 aromatic rings. The van der Waals surface area contributed by atoms with Crippen LogP contribution in [-0.2, 0) is 31.9 Å². The summed E-state index contributed by atoms with van der Waals surface area (Å²) < 4.78 is 66.6. The number of alkyl halides is 3. The van der Waals surface area contributed by atoms with E-state index in [2.05, 4.69) is 19.1 Å². The molecule has 0 aliphatic heterocycles. The largest absolute Gasteiger partial charge is 0.422 e. The summed E-state index contributed by atoms with van der Waals surface area (Å²) in [6.45, 7) is 2.22. The standard InChI is InChI=1S/C24H25F5/c1-2-3-14-4-8-19-16(10-14)5-6-17-11-15(7-9-20(17)19)18-12-21(25)23(22(26)13-18)24(27,28)29/h5-6,12-15H,2-4,7-11H2,1H3. The van der Waals surface area contributed by atoms with Crippen molar-refractivity contribution in [3.8, 4) is 0 Å². The molecule has 2 aliphatic carbocycles. The zero-order chi connectivity index (χ0) is 20.8. The van der Waals surface area contributed by atoms with Crippen molar-refractivity contribution in [2.75, 3.05) is 0 Å². The van der Waals surface area contributed by atoms with Crippen LogP contribution < -0.4 is 0 Å². The third-order valence-corrected chi connectivity index (χ3v) is 6.66. The molecule has 0 amide bonds. The molecule has 0 fully saturated rings. The van der Waals surface area contributed by atoms with Crippen LogP contribution >= 0.6 is 0 Å². The number of hydrogen-bond donors (Lipinski definition) is 0. The molecule has 0 bridgehead atoms. The first-order valence-electron chi connectivity index (χ1n) is 10.5. The Labute approximate surface area is 168 Å². The van der Waals surface area contributed by atoms with Crippen molar-refractivity contribution in [1.82, 2.24) is 0 Å². The van der Waals surface area contributed by atoms with E-state index in [9.17, 15) is 22.0 Å². The average Bonchev–Trinajstić information content (AvgIpc) is 2.65. The van der Waals surface area contributed by atoms with Gasteiger partial charge in [-0.2, -0.15) is 13.2 Å². The van der Waals surface area contributed by atoms with Gasteiger partial charge in [0.15, 0.2) is 0 Å². The fourth-order valence-corrected chi connectivity index (χ4v) is 5.28. The lowest BCUT2D eigenvalue weighted by Gasteiger charge is -2.32. The smallest absolute Gasteiger partial charge is 0.206 e. The number of rotatable bonds is 3. The lowest BCUT2D eigenvalue weighted by atomic mass is 9.73. The zero-order valence-corrected chi connectivity index (χ0v) is 16.5. The molecular formula is C24H25F5. The van der Waals surface area contributed by atoms with Gasteiger partial charge in [0.2, 0.25) is 0 Å². The van der Waals surface area contributed by atoms with E-state index >= 15 is 0 Å². The first-order chi connectivity index (χ1) is 13.8. The number of hydrogen-bond acceptors (Lipinski definition) is 0. The molecule has 0 nitrogen and oxygen atoms in total. The minimum Gasteiger partial charge on any atom is -0.206 e. The Balaban J connectivity index is 1.59. The van der Waals surface area contributed by atoms with Crippen molar-refractivity contribution in [3.63, 3.8) is 0 Å². The van der Waals surface area contributed by atoms with Crippen LogP contribution in [0.3, 0.4) is 0 Å². The summed E-state index contributed by atoms with van der Waals surface area (Å²) in [5.74, 6) is -2.46. The Morgan fingerprint density at radius 1 is 0.897 bits per heavy atom. The normalized spacial score (nSPS) is 21.6. The highest BCUT2D eigenvalue weighted by molar-refractivity contribution is 5.46. The van der Waals surface area contributed by atoms with E-state index in [0.717, 1.165) is 37.3 Å². The molecule has 0 saturated heterocycles. The van der Waals surface area contributed by atoms with Crippen molar-refractivity contribution in [2.45, 2.75) is 70.4 Å².